The summed E-state index contributed by atoms with van der Waals surface area (Å²) in [5, 5.41) is 3.34. The van der Waals surface area contributed by atoms with Crippen LogP contribution in [0.5, 0.6) is 5.75 Å². The third-order valence-electron chi connectivity index (χ3n) is 2.71. The van der Waals surface area contributed by atoms with Gasteiger partial charge in [0.15, 0.2) is 0 Å². The first-order chi connectivity index (χ1) is 8.90. The molecule has 2 aromatic rings. The van der Waals surface area contributed by atoms with Crippen molar-refractivity contribution in [1.29, 1.82) is 0 Å². The second-order valence-electron chi connectivity index (χ2n) is 4.03. The van der Waals surface area contributed by atoms with Crippen molar-refractivity contribution < 1.29 is 4.74 Å². The van der Waals surface area contributed by atoms with Crippen LogP contribution in [-0.4, -0.2) is 11.5 Å². The lowest BCUT2D eigenvalue weighted by Gasteiger charge is -2.11. The van der Waals surface area contributed by atoms with E-state index >= 15 is 0 Å². The van der Waals surface area contributed by atoms with Gasteiger partial charge < -0.3 is 10.1 Å². The molecule has 1 N–H and O–H groups in total. The molecule has 3 heteroatoms. The highest BCUT2D eigenvalue weighted by Crippen LogP contribution is 2.13. The summed E-state index contributed by atoms with van der Waals surface area (Å²) in [5.41, 5.74) is 2.49. The third kappa shape index (κ3) is 3.57. The van der Waals surface area contributed by atoms with Crippen molar-refractivity contribution >= 4 is 0 Å². The molecule has 0 aliphatic rings. The Morgan fingerprint density at radius 2 is 1.94 bits per heavy atom. The summed E-state index contributed by atoms with van der Waals surface area (Å²) in [5.74, 6) is 0.802. The minimum Gasteiger partial charge on any atom is -0.487 e. The second kappa shape index (κ2) is 6.77. The minimum absolute atomic E-state index is 0.577. The zero-order chi connectivity index (χ0) is 12.6. The van der Waals surface area contributed by atoms with Crippen LogP contribution >= 0.6 is 0 Å². The van der Waals surface area contributed by atoms with Crippen LogP contribution in [0.25, 0.3) is 0 Å². The maximum atomic E-state index is 5.72. The zero-order valence-electron chi connectivity index (χ0n) is 10.6. The lowest BCUT2D eigenvalue weighted by atomic mass is 10.1. The number of hydrogen-bond donors (Lipinski definition) is 1. The number of benzene rings is 1. The summed E-state index contributed by atoms with van der Waals surface area (Å²) in [6.07, 6.45) is 3.47. The number of aromatic nitrogens is 1. The standard InChI is InChI=1S/C15H18N2O/c1-2-16-10-13-6-3-4-7-14(13)12-18-15-8-5-9-17-11-15/h3-9,11,16H,2,10,12H2,1H3. The monoisotopic (exact) mass is 242 g/mol. The minimum atomic E-state index is 0.577. The van der Waals surface area contributed by atoms with Crippen LogP contribution in [0.4, 0.5) is 0 Å². The topological polar surface area (TPSA) is 34.1 Å². The first-order valence-electron chi connectivity index (χ1n) is 6.20. The molecule has 0 saturated carbocycles. The highest BCUT2D eigenvalue weighted by Gasteiger charge is 2.02. The van der Waals surface area contributed by atoms with E-state index in [4.69, 9.17) is 4.74 Å². The molecule has 18 heavy (non-hydrogen) atoms. The van der Waals surface area contributed by atoms with Gasteiger partial charge >= 0.3 is 0 Å². The van der Waals surface area contributed by atoms with Gasteiger partial charge in [0.25, 0.3) is 0 Å². The zero-order valence-corrected chi connectivity index (χ0v) is 10.6. The molecule has 1 aromatic heterocycles. The molecule has 0 aliphatic heterocycles. The number of ether oxygens (including phenoxy) is 1. The average Bonchev–Trinajstić information content (AvgIpc) is 2.45. The Morgan fingerprint density at radius 3 is 2.67 bits per heavy atom. The summed E-state index contributed by atoms with van der Waals surface area (Å²) in [4.78, 5) is 4.03. The van der Waals surface area contributed by atoms with Crippen molar-refractivity contribution in [2.24, 2.45) is 0 Å². The van der Waals surface area contributed by atoms with Gasteiger partial charge in [-0.1, -0.05) is 31.2 Å². The number of nitrogens with zero attached hydrogens (tertiary/aromatic N) is 1. The van der Waals surface area contributed by atoms with Crippen molar-refractivity contribution in [3.63, 3.8) is 0 Å². The van der Waals surface area contributed by atoms with Crippen LogP contribution in [0.2, 0.25) is 0 Å². The quantitative estimate of drug-likeness (QED) is 0.845. The summed E-state index contributed by atoms with van der Waals surface area (Å²) in [6.45, 7) is 4.53. The summed E-state index contributed by atoms with van der Waals surface area (Å²) >= 11 is 0. The van der Waals surface area contributed by atoms with Crippen molar-refractivity contribution in [3.8, 4) is 5.75 Å². The Balaban J connectivity index is 2.00. The Morgan fingerprint density at radius 1 is 1.11 bits per heavy atom. The molecule has 0 unspecified atom stereocenters. The van der Waals surface area contributed by atoms with E-state index in [1.54, 1.807) is 12.4 Å². The van der Waals surface area contributed by atoms with Gasteiger partial charge in [0, 0.05) is 12.7 Å². The molecule has 94 valence electrons. The van der Waals surface area contributed by atoms with E-state index in [1.165, 1.54) is 11.1 Å². The van der Waals surface area contributed by atoms with Gasteiger partial charge in [-0.2, -0.15) is 0 Å². The number of pyridine rings is 1. The van der Waals surface area contributed by atoms with Crippen molar-refractivity contribution in [1.82, 2.24) is 10.3 Å². The predicted octanol–water partition coefficient (Wildman–Crippen LogP) is 2.77. The molecule has 1 heterocycles. The summed E-state index contributed by atoms with van der Waals surface area (Å²) < 4.78 is 5.72. The van der Waals surface area contributed by atoms with E-state index in [0.717, 1.165) is 18.8 Å². The fourth-order valence-electron chi connectivity index (χ4n) is 1.72. The van der Waals surface area contributed by atoms with Crippen molar-refractivity contribution in [3.05, 3.63) is 59.9 Å². The molecule has 0 atom stereocenters. The Kier molecular flexibility index (Phi) is 4.73. The highest BCUT2D eigenvalue weighted by atomic mass is 16.5. The van der Waals surface area contributed by atoms with Gasteiger partial charge in [-0.25, -0.2) is 0 Å². The van der Waals surface area contributed by atoms with Crippen LogP contribution in [-0.2, 0) is 13.2 Å². The van der Waals surface area contributed by atoms with Crippen LogP contribution in [0.15, 0.2) is 48.8 Å². The third-order valence-corrected chi connectivity index (χ3v) is 2.71. The molecule has 1 aromatic carbocycles. The lowest BCUT2D eigenvalue weighted by Crippen LogP contribution is -2.13. The first-order valence-corrected chi connectivity index (χ1v) is 6.20. The Labute approximate surface area is 108 Å². The lowest BCUT2D eigenvalue weighted by molar-refractivity contribution is 0.303. The van der Waals surface area contributed by atoms with Gasteiger partial charge in [-0.3, -0.25) is 4.98 Å². The number of nitrogens with one attached hydrogen (secondary N) is 1. The molecular formula is C15H18N2O. The second-order valence-corrected chi connectivity index (χ2v) is 4.03. The van der Waals surface area contributed by atoms with Gasteiger partial charge in [-0.15, -0.1) is 0 Å². The average molecular weight is 242 g/mol. The molecule has 0 bridgehead atoms. The van der Waals surface area contributed by atoms with Gasteiger partial charge in [0.2, 0.25) is 0 Å². The fourth-order valence-corrected chi connectivity index (χ4v) is 1.72. The maximum Gasteiger partial charge on any atom is 0.138 e. The molecule has 0 saturated heterocycles. The van der Waals surface area contributed by atoms with Crippen molar-refractivity contribution in [2.45, 2.75) is 20.1 Å². The molecule has 0 amide bonds. The fraction of sp³-hybridized carbons (Fsp3) is 0.267. The Hall–Kier alpha value is -1.87. The molecule has 3 nitrogen and oxygen atoms in total. The van der Waals surface area contributed by atoms with Gasteiger partial charge in [-0.05, 0) is 29.8 Å². The molecule has 0 radical (unpaired) electrons. The number of hydrogen-bond acceptors (Lipinski definition) is 3. The van der Waals surface area contributed by atoms with Crippen LogP contribution in [0, 0.1) is 0 Å². The number of rotatable bonds is 6. The van der Waals surface area contributed by atoms with E-state index in [2.05, 4.69) is 35.4 Å². The van der Waals surface area contributed by atoms with Crippen LogP contribution < -0.4 is 10.1 Å². The normalized spacial score (nSPS) is 10.3. The smallest absolute Gasteiger partial charge is 0.138 e. The van der Waals surface area contributed by atoms with E-state index in [0.29, 0.717) is 6.61 Å². The van der Waals surface area contributed by atoms with Gasteiger partial charge in [0.05, 0.1) is 6.20 Å². The molecular weight excluding hydrogens is 224 g/mol. The maximum absolute atomic E-state index is 5.72. The van der Waals surface area contributed by atoms with Crippen LogP contribution in [0.3, 0.4) is 0 Å². The van der Waals surface area contributed by atoms with Gasteiger partial charge in [0.1, 0.15) is 12.4 Å². The first kappa shape index (κ1) is 12.6. The predicted molar refractivity (Wildman–Crippen MR) is 72.4 cm³/mol. The molecule has 2 rings (SSSR count). The van der Waals surface area contributed by atoms with E-state index in [-0.39, 0.29) is 0 Å². The van der Waals surface area contributed by atoms with Crippen LogP contribution in [0.1, 0.15) is 18.1 Å². The summed E-state index contributed by atoms with van der Waals surface area (Å²) in [6, 6.07) is 12.1. The van der Waals surface area contributed by atoms with E-state index in [9.17, 15) is 0 Å². The summed E-state index contributed by atoms with van der Waals surface area (Å²) in [7, 11) is 0. The molecule has 0 aliphatic carbocycles. The largest absolute Gasteiger partial charge is 0.487 e. The molecule has 0 spiro atoms. The molecule has 0 fully saturated rings. The van der Waals surface area contributed by atoms with Crippen molar-refractivity contribution in [2.75, 3.05) is 6.54 Å². The Bertz CT molecular complexity index is 471. The van der Waals surface area contributed by atoms with E-state index in [1.807, 2.05) is 18.2 Å². The SMILES string of the molecule is CCNCc1ccccc1COc1cccnc1. The van der Waals surface area contributed by atoms with E-state index < -0.39 is 0 Å². The highest BCUT2D eigenvalue weighted by molar-refractivity contribution is 5.27.